The smallest absolute Gasteiger partial charge is 0.443 e. The van der Waals surface area contributed by atoms with Crippen LogP contribution in [-0.4, -0.2) is 24.2 Å². The van der Waals surface area contributed by atoms with Crippen molar-refractivity contribution in [1.82, 2.24) is 0 Å². The first-order valence-corrected chi connectivity index (χ1v) is 9.35. The van der Waals surface area contributed by atoms with Crippen LogP contribution in [0, 0.1) is 0 Å². The average molecular weight is 370 g/mol. The summed E-state index contributed by atoms with van der Waals surface area (Å²) in [4.78, 5) is 4.26. The maximum absolute atomic E-state index is 6.06. The van der Waals surface area contributed by atoms with E-state index in [-0.39, 0.29) is 18.3 Å². The number of hydrogen-bond donors (Lipinski definition) is 1. The topological polar surface area (TPSA) is 66.1 Å². The first-order chi connectivity index (χ1) is 12.5. The van der Waals surface area contributed by atoms with Gasteiger partial charge >= 0.3 is 7.12 Å². The Morgan fingerprint density at radius 1 is 1.11 bits per heavy atom. The van der Waals surface area contributed by atoms with Crippen molar-refractivity contribution in [2.45, 2.75) is 66.1 Å². The molecule has 0 amide bonds. The molecule has 6 heteroatoms. The van der Waals surface area contributed by atoms with Gasteiger partial charge < -0.3 is 19.8 Å². The van der Waals surface area contributed by atoms with Crippen LogP contribution in [0.4, 0.5) is 0 Å². The number of benzene rings is 1. The Hall–Kier alpha value is -2.05. The predicted molar refractivity (Wildman–Crippen MR) is 112 cm³/mol. The fraction of sp³-hybridized carbons (Fsp3) is 0.476. The van der Waals surface area contributed by atoms with Crippen molar-refractivity contribution in [3.8, 4) is 5.75 Å². The normalized spacial score (nSPS) is 20.1. The lowest BCUT2D eigenvalue weighted by atomic mass is 9.79. The average Bonchev–Trinajstić information content (AvgIpc) is 2.81. The van der Waals surface area contributed by atoms with E-state index in [9.17, 15) is 0 Å². The second-order valence-electron chi connectivity index (χ2n) is 7.88. The molecule has 0 atom stereocenters. The van der Waals surface area contributed by atoms with E-state index in [2.05, 4.69) is 11.9 Å². The van der Waals surface area contributed by atoms with Crippen molar-refractivity contribution in [2.75, 3.05) is 0 Å². The number of allylic oxidation sites excluding steroid dienone is 2. The minimum absolute atomic E-state index is 0.354. The van der Waals surface area contributed by atoms with E-state index < -0.39 is 0 Å². The van der Waals surface area contributed by atoms with E-state index in [4.69, 9.17) is 19.8 Å². The lowest BCUT2D eigenvalue weighted by molar-refractivity contribution is 0.00578. The number of nitrogens with two attached hydrogens (primary N) is 1. The summed E-state index contributed by atoms with van der Waals surface area (Å²) in [6, 6.07) is 7.66. The first-order valence-electron chi connectivity index (χ1n) is 9.35. The fourth-order valence-electron chi connectivity index (χ4n) is 2.46. The highest BCUT2D eigenvalue weighted by Gasteiger charge is 2.51. The Labute approximate surface area is 163 Å². The number of ether oxygens (including phenoxy) is 1. The zero-order chi connectivity index (χ0) is 20.2. The van der Waals surface area contributed by atoms with Gasteiger partial charge in [-0.25, -0.2) is 4.99 Å². The van der Waals surface area contributed by atoms with Crippen molar-refractivity contribution < 1.29 is 14.0 Å². The molecule has 1 fully saturated rings. The van der Waals surface area contributed by atoms with Gasteiger partial charge in [-0.2, -0.15) is 0 Å². The third kappa shape index (κ3) is 5.47. The van der Waals surface area contributed by atoms with Gasteiger partial charge in [0.05, 0.1) is 23.1 Å². The summed E-state index contributed by atoms with van der Waals surface area (Å²) in [5.74, 6) is 1.22. The van der Waals surface area contributed by atoms with E-state index in [1.165, 1.54) is 5.57 Å². The lowest BCUT2D eigenvalue weighted by Gasteiger charge is -2.32. The maximum atomic E-state index is 6.06. The number of rotatable bonds is 5. The number of aliphatic imine (C=N–C) groups is 1. The minimum Gasteiger partial charge on any atom is -0.443 e. The molecule has 5 nitrogen and oxygen atoms in total. The van der Waals surface area contributed by atoms with Crippen molar-refractivity contribution >= 4 is 18.5 Å². The van der Waals surface area contributed by atoms with Crippen molar-refractivity contribution in [2.24, 2.45) is 10.7 Å². The summed E-state index contributed by atoms with van der Waals surface area (Å²) in [6.07, 6.45) is 4.48. The first kappa shape index (κ1) is 21.3. The van der Waals surface area contributed by atoms with Gasteiger partial charge in [-0.3, -0.25) is 0 Å². The van der Waals surface area contributed by atoms with Gasteiger partial charge in [0, 0.05) is 6.92 Å². The third-order valence-corrected chi connectivity index (χ3v) is 5.04. The zero-order valence-corrected chi connectivity index (χ0v) is 17.5. The largest absolute Gasteiger partial charge is 0.494 e. The number of nitrogens with zero attached hydrogens (tertiary/aromatic N) is 1. The van der Waals surface area contributed by atoms with Gasteiger partial charge in [-0.15, -0.1) is 0 Å². The fourth-order valence-corrected chi connectivity index (χ4v) is 2.46. The SMILES string of the molecule is CC/C(C)=C/C(N)=C\N=C(C)Oc1ccc(B2OC(C)(C)C(C)(C)O2)cc1. The van der Waals surface area contributed by atoms with Crippen LogP contribution in [0.5, 0.6) is 5.75 Å². The predicted octanol–water partition coefficient (Wildman–Crippen LogP) is 3.94. The molecule has 1 aliphatic rings. The van der Waals surface area contributed by atoms with Crippen LogP contribution in [0.15, 0.2) is 52.8 Å². The zero-order valence-electron chi connectivity index (χ0n) is 17.5. The molecular formula is C21H31BN2O3. The summed E-state index contributed by atoms with van der Waals surface area (Å²) in [5, 5.41) is 0. The Morgan fingerprint density at radius 3 is 2.19 bits per heavy atom. The van der Waals surface area contributed by atoms with Crippen LogP contribution < -0.4 is 15.9 Å². The second-order valence-corrected chi connectivity index (χ2v) is 7.88. The molecule has 0 radical (unpaired) electrons. The van der Waals surface area contributed by atoms with Crippen LogP contribution in [-0.2, 0) is 9.31 Å². The van der Waals surface area contributed by atoms with E-state index in [0.29, 0.717) is 17.3 Å². The molecule has 0 saturated carbocycles. The molecule has 0 aliphatic carbocycles. The second kappa shape index (κ2) is 8.32. The van der Waals surface area contributed by atoms with E-state index in [0.717, 1.165) is 11.9 Å². The molecule has 1 heterocycles. The third-order valence-electron chi connectivity index (χ3n) is 5.04. The van der Waals surface area contributed by atoms with Crippen molar-refractivity contribution in [1.29, 1.82) is 0 Å². The summed E-state index contributed by atoms with van der Waals surface area (Å²) < 4.78 is 17.9. The molecule has 27 heavy (non-hydrogen) atoms. The van der Waals surface area contributed by atoms with E-state index >= 15 is 0 Å². The molecule has 1 aromatic carbocycles. The Kier molecular flexibility index (Phi) is 6.55. The van der Waals surface area contributed by atoms with E-state index in [1.807, 2.05) is 65.0 Å². The molecule has 1 aliphatic heterocycles. The molecule has 0 bridgehead atoms. The summed E-state index contributed by atoms with van der Waals surface area (Å²) in [5.41, 5.74) is 7.98. The van der Waals surface area contributed by atoms with Crippen LogP contribution in [0.25, 0.3) is 0 Å². The summed E-state index contributed by atoms with van der Waals surface area (Å²) in [7, 11) is -0.380. The molecule has 2 N–H and O–H groups in total. The van der Waals surface area contributed by atoms with Gasteiger partial charge in [0.1, 0.15) is 5.75 Å². The van der Waals surface area contributed by atoms with Gasteiger partial charge in [0.25, 0.3) is 0 Å². The highest BCUT2D eigenvalue weighted by Crippen LogP contribution is 2.36. The van der Waals surface area contributed by atoms with E-state index in [1.54, 1.807) is 13.1 Å². The van der Waals surface area contributed by atoms with Gasteiger partial charge in [0.15, 0.2) is 5.90 Å². The molecule has 0 unspecified atom stereocenters. The quantitative estimate of drug-likeness (QED) is 0.369. The maximum Gasteiger partial charge on any atom is 0.494 e. The molecule has 146 valence electrons. The molecule has 0 spiro atoms. The number of hydrogen-bond acceptors (Lipinski definition) is 5. The van der Waals surface area contributed by atoms with Gasteiger partial charge in [0.2, 0.25) is 0 Å². The van der Waals surface area contributed by atoms with Gasteiger partial charge in [-0.05, 0) is 64.7 Å². The Bertz CT molecular complexity index is 733. The van der Waals surface area contributed by atoms with Crippen LogP contribution in [0.1, 0.15) is 54.9 Å². The summed E-state index contributed by atoms with van der Waals surface area (Å²) >= 11 is 0. The minimum atomic E-state index is -0.380. The van der Waals surface area contributed by atoms with Crippen LogP contribution in [0.2, 0.25) is 0 Å². The highest BCUT2D eigenvalue weighted by molar-refractivity contribution is 6.62. The van der Waals surface area contributed by atoms with Crippen LogP contribution in [0.3, 0.4) is 0 Å². The molecule has 1 saturated heterocycles. The van der Waals surface area contributed by atoms with Crippen molar-refractivity contribution in [3.05, 3.63) is 47.8 Å². The standard InChI is InChI=1S/C21H31BN2O3/c1-8-15(2)13-18(23)14-24-16(3)25-19-11-9-17(10-12-19)22-26-20(4,5)21(6,7)27-22/h9-14H,8,23H2,1-7H3/b15-13+,18-14+,24-16?. The molecule has 1 aromatic rings. The monoisotopic (exact) mass is 370 g/mol. The lowest BCUT2D eigenvalue weighted by Crippen LogP contribution is -2.41. The van der Waals surface area contributed by atoms with Crippen LogP contribution >= 0.6 is 0 Å². The molecule has 2 rings (SSSR count). The molecular weight excluding hydrogens is 339 g/mol. The Balaban J connectivity index is 2.02. The molecule has 0 aromatic heterocycles. The van der Waals surface area contributed by atoms with Crippen molar-refractivity contribution in [3.63, 3.8) is 0 Å². The highest BCUT2D eigenvalue weighted by atomic mass is 16.7. The summed E-state index contributed by atoms with van der Waals surface area (Å²) in [6.45, 7) is 14.1. The Morgan fingerprint density at radius 2 is 1.67 bits per heavy atom. The van der Waals surface area contributed by atoms with Gasteiger partial charge in [-0.1, -0.05) is 24.6 Å².